The second-order valence-corrected chi connectivity index (χ2v) is 5.50. The number of hydrogen-bond donors (Lipinski definition) is 2. The Hall–Kier alpha value is -2.85. The molecule has 122 valence electrons. The molecule has 0 heterocycles. The molecule has 2 rings (SSSR count). The average Bonchev–Trinajstić information content (AvgIpc) is 2.57. The van der Waals surface area contributed by atoms with Gasteiger partial charge in [0.15, 0.2) is 11.5 Å². The molecule has 2 aromatic rings. The van der Waals surface area contributed by atoms with Crippen molar-refractivity contribution in [2.45, 2.75) is 0 Å². The lowest BCUT2D eigenvalue weighted by molar-refractivity contribution is -0.112. The van der Waals surface area contributed by atoms with Crippen molar-refractivity contribution in [3.05, 3.63) is 57.8 Å². The van der Waals surface area contributed by atoms with E-state index in [4.69, 9.17) is 4.74 Å². The minimum absolute atomic E-state index is 0.0275. The van der Waals surface area contributed by atoms with Crippen molar-refractivity contribution in [3.8, 4) is 17.6 Å². The molecule has 0 radical (unpaired) electrons. The van der Waals surface area contributed by atoms with Crippen molar-refractivity contribution in [1.29, 1.82) is 5.26 Å². The molecule has 0 aliphatic heterocycles. The number of nitriles is 1. The molecular weight excluding hydrogens is 379 g/mol. The molecule has 0 aliphatic carbocycles. The zero-order valence-electron chi connectivity index (χ0n) is 12.5. The number of halogens is 2. The quantitative estimate of drug-likeness (QED) is 0.613. The van der Waals surface area contributed by atoms with E-state index in [-0.39, 0.29) is 22.8 Å². The van der Waals surface area contributed by atoms with Crippen LogP contribution in [0.2, 0.25) is 0 Å². The largest absolute Gasteiger partial charge is 0.504 e. The maximum Gasteiger partial charge on any atom is 0.266 e. The second kappa shape index (κ2) is 7.62. The van der Waals surface area contributed by atoms with Gasteiger partial charge in [-0.2, -0.15) is 5.26 Å². The van der Waals surface area contributed by atoms with Crippen molar-refractivity contribution in [2.24, 2.45) is 0 Å². The third-order valence-electron chi connectivity index (χ3n) is 3.09. The Morgan fingerprint density at radius 1 is 1.42 bits per heavy atom. The summed E-state index contributed by atoms with van der Waals surface area (Å²) in [5.74, 6) is -1.26. The predicted octanol–water partition coefficient (Wildman–Crippen LogP) is 3.85. The van der Waals surface area contributed by atoms with Gasteiger partial charge in [-0.05, 0) is 35.9 Å². The maximum atomic E-state index is 13.6. The van der Waals surface area contributed by atoms with Crippen LogP contribution >= 0.6 is 15.9 Å². The number of methoxy groups -OCH3 is 1. The summed E-state index contributed by atoms with van der Waals surface area (Å²) in [5, 5.41) is 21.3. The number of nitrogens with one attached hydrogen (secondary N) is 1. The van der Waals surface area contributed by atoms with Crippen molar-refractivity contribution in [1.82, 2.24) is 0 Å². The first-order valence-corrected chi connectivity index (χ1v) is 7.49. The smallest absolute Gasteiger partial charge is 0.266 e. The van der Waals surface area contributed by atoms with E-state index < -0.39 is 11.7 Å². The highest BCUT2D eigenvalue weighted by molar-refractivity contribution is 9.10. The molecule has 0 unspecified atom stereocenters. The van der Waals surface area contributed by atoms with Crippen LogP contribution in [0.5, 0.6) is 11.5 Å². The molecule has 2 N–H and O–H groups in total. The fraction of sp³-hybridized carbons (Fsp3) is 0.0588. The molecule has 0 bridgehead atoms. The summed E-state index contributed by atoms with van der Waals surface area (Å²) in [5.41, 5.74) is 0.123. The molecule has 0 fully saturated rings. The Morgan fingerprint density at radius 3 is 2.75 bits per heavy atom. The minimum Gasteiger partial charge on any atom is -0.504 e. The molecule has 2 aromatic carbocycles. The van der Waals surface area contributed by atoms with Crippen LogP contribution in [0.15, 0.2) is 46.4 Å². The first-order chi connectivity index (χ1) is 11.5. The summed E-state index contributed by atoms with van der Waals surface area (Å²) in [7, 11) is 1.40. The van der Waals surface area contributed by atoms with Crippen molar-refractivity contribution >= 4 is 33.6 Å². The number of nitrogens with zero attached hydrogens (tertiary/aromatic N) is 1. The summed E-state index contributed by atoms with van der Waals surface area (Å²) in [6, 6.07) is 10.2. The number of anilines is 1. The van der Waals surface area contributed by atoms with Crippen molar-refractivity contribution in [3.63, 3.8) is 0 Å². The van der Waals surface area contributed by atoms with Gasteiger partial charge in [0.25, 0.3) is 5.91 Å². The molecular formula is C17H12BrFN2O3. The van der Waals surface area contributed by atoms with Gasteiger partial charge in [0.05, 0.1) is 12.8 Å². The van der Waals surface area contributed by atoms with Crippen molar-refractivity contribution < 1.29 is 19.0 Å². The standard InChI is InChI=1S/C17H12BrFN2O3/c1-24-16-8-12(18)10(7-15(16)22)6-11(9-20)17(23)21-14-5-3-2-4-13(14)19/h2-8,22H,1H3,(H,21,23). The van der Waals surface area contributed by atoms with Gasteiger partial charge in [-0.25, -0.2) is 4.39 Å². The van der Waals surface area contributed by atoms with E-state index in [1.54, 1.807) is 12.1 Å². The lowest BCUT2D eigenvalue weighted by atomic mass is 10.1. The summed E-state index contributed by atoms with van der Waals surface area (Å²) in [6.07, 6.45) is 1.28. The number of hydrogen-bond acceptors (Lipinski definition) is 4. The van der Waals surface area contributed by atoms with Crippen LogP contribution in [0.4, 0.5) is 10.1 Å². The molecule has 0 saturated carbocycles. The Morgan fingerprint density at radius 2 is 2.12 bits per heavy atom. The molecule has 7 heteroatoms. The lowest BCUT2D eigenvalue weighted by Crippen LogP contribution is -2.14. The van der Waals surface area contributed by atoms with Crippen LogP contribution in [0.1, 0.15) is 5.56 Å². The number of aromatic hydroxyl groups is 1. The first kappa shape index (κ1) is 17.5. The monoisotopic (exact) mass is 390 g/mol. The Kier molecular flexibility index (Phi) is 5.55. The summed E-state index contributed by atoms with van der Waals surface area (Å²) in [4.78, 5) is 12.1. The predicted molar refractivity (Wildman–Crippen MR) is 91.0 cm³/mol. The van der Waals surface area contributed by atoms with Crippen LogP contribution in [-0.4, -0.2) is 18.1 Å². The fourth-order valence-corrected chi connectivity index (χ4v) is 2.33. The van der Waals surface area contributed by atoms with Gasteiger partial charge in [0.2, 0.25) is 0 Å². The number of phenols is 1. The number of benzene rings is 2. The second-order valence-electron chi connectivity index (χ2n) is 4.65. The van der Waals surface area contributed by atoms with E-state index >= 15 is 0 Å². The highest BCUT2D eigenvalue weighted by Gasteiger charge is 2.14. The summed E-state index contributed by atoms with van der Waals surface area (Å²) in [6.45, 7) is 0. The fourth-order valence-electron chi connectivity index (χ4n) is 1.89. The SMILES string of the molecule is COc1cc(Br)c(C=C(C#N)C(=O)Nc2ccccc2F)cc1O. The normalized spacial score (nSPS) is 10.8. The zero-order chi connectivity index (χ0) is 17.7. The molecule has 0 atom stereocenters. The van der Waals surface area contributed by atoms with E-state index in [2.05, 4.69) is 21.2 Å². The molecule has 0 aliphatic rings. The lowest BCUT2D eigenvalue weighted by Gasteiger charge is -2.08. The number of ether oxygens (including phenoxy) is 1. The topological polar surface area (TPSA) is 82.3 Å². The third-order valence-corrected chi connectivity index (χ3v) is 3.77. The highest BCUT2D eigenvalue weighted by Crippen LogP contribution is 2.33. The highest BCUT2D eigenvalue weighted by atomic mass is 79.9. The van der Waals surface area contributed by atoms with Gasteiger partial charge >= 0.3 is 0 Å². The van der Waals surface area contributed by atoms with E-state index in [9.17, 15) is 19.6 Å². The summed E-state index contributed by atoms with van der Waals surface area (Å²) >= 11 is 3.27. The molecule has 5 nitrogen and oxygen atoms in total. The van der Waals surface area contributed by atoms with Crippen LogP contribution in [0.25, 0.3) is 6.08 Å². The van der Waals surface area contributed by atoms with Gasteiger partial charge in [0, 0.05) is 4.47 Å². The van der Waals surface area contributed by atoms with E-state index in [1.807, 2.05) is 0 Å². The Balaban J connectivity index is 2.33. The summed E-state index contributed by atoms with van der Waals surface area (Å²) < 4.78 is 19.1. The molecule has 0 aromatic heterocycles. The first-order valence-electron chi connectivity index (χ1n) is 6.70. The number of rotatable bonds is 4. The van der Waals surface area contributed by atoms with Crippen LogP contribution in [0.3, 0.4) is 0 Å². The molecule has 1 amide bonds. The number of carbonyl (C=O) groups is 1. The Bertz CT molecular complexity index is 859. The zero-order valence-corrected chi connectivity index (χ0v) is 14.1. The molecule has 0 saturated heterocycles. The van der Waals surface area contributed by atoms with E-state index in [1.165, 1.54) is 43.5 Å². The van der Waals surface area contributed by atoms with Gasteiger partial charge in [-0.1, -0.05) is 28.1 Å². The number of para-hydroxylation sites is 1. The van der Waals surface area contributed by atoms with Crippen molar-refractivity contribution in [2.75, 3.05) is 12.4 Å². The average molecular weight is 391 g/mol. The Labute approximate surface area is 146 Å². The van der Waals surface area contributed by atoms with Crippen LogP contribution < -0.4 is 10.1 Å². The number of phenolic OH excluding ortho intramolecular Hbond substituents is 1. The molecule has 24 heavy (non-hydrogen) atoms. The third kappa shape index (κ3) is 3.91. The van der Waals surface area contributed by atoms with Gasteiger partial charge in [0.1, 0.15) is 17.5 Å². The van der Waals surface area contributed by atoms with Gasteiger partial charge < -0.3 is 15.2 Å². The minimum atomic E-state index is -0.759. The van der Waals surface area contributed by atoms with Gasteiger partial charge in [-0.15, -0.1) is 0 Å². The molecule has 0 spiro atoms. The van der Waals surface area contributed by atoms with E-state index in [0.29, 0.717) is 10.0 Å². The number of carbonyl (C=O) groups excluding carboxylic acids is 1. The van der Waals surface area contributed by atoms with Crippen LogP contribution in [-0.2, 0) is 4.79 Å². The van der Waals surface area contributed by atoms with Gasteiger partial charge in [-0.3, -0.25) is 4.79 Å². The van der Waals surface area contributed by atoms with Crippen LogP contribution in [0, 0.1) is 17.1 Å². The maximum absolute atomic E-state index is 13.6. The number of amides is 1. The van der Waals surface area contributed by atoms with E-state index in [0.717, 1.165) is 0 Å².